The lowest BCUT2D eigenvalue weighted by Gasteiger charge is -2.14. The highest BCUT2D eigenvalue weighted by Gasteiger charge is 2.18. The van der Waals surface area contributed by atoms with Gasteiger partial charge < -0.3 is 19.6 Å². The van der Waals surface area contributed by atoms with E-state index in [1.807, 2.05) is 50.2 Å². The Balaban J connectivity index is 1.81. The van der Waals surface area contributed by atoms with Gasteiger partial charge in [-0.25, -0.2) is 0 Å². The minimum atomic E-state index is -0.765. The van der Waals surface area contributed by atoms with Gasteiger partial charge >= 0.3 is 5.97 Å². The molecule has 0 aliphatic carbocycles. The molecular weight excluding hydrogens is 294 g/mol. The molecule has 1 aromatic heterocycles. The molecule has 1 unspecified atom stereocenters. The number of hydrogen-bond donors (Lipinski definition) is 2. The predicted octanol–water partition coefficient (Wildman–Crippen LogP) is 3.91. The van der Waals surface area contributed by atoms with Crippen molar-refractivity contribution in [2.75, 3.05) is 6.54 Å². The molecule has 0 aliphatic rings. The van der Waals surface area contributed by atoms with E-state index in [-0.39, 0.29) is 5.92 Å². The molecule has 0 bridgehead atoms. The molecule has 2 aromatic rings. The first-order valence-electron chi connectivity index (χ1n) is 7.79. The van der Waals surface area contributed by atoms with Crippen molar-refractivity contribution in [1.29, 1.82) is 0 Å². The third-order valence-electron chi connectivity index (χ3n) is 3.39. The lowest BCUT2D eigenvalue weighted by Crippen LogP contribution is -2.29. The van der Waals surface area contributed by atoms with E-state index in [1.54, 1.807) is 6.07 Å². The number of benzene rings is 1. The molecule has 1 heterocycles. The van der Waals surface area contributed by atoms with Gasteiger partial charge in [-0.2, -0.15) is 0 Å². The van der Waals surface area contributed by atoms with Crippen LogP contribution >= 0.6 is 0 Å². The first-order chi connectivity index (χ1) is 11.0. The highest BCUT2D eigenvalue weighted by molar-refractivity contribution is 5.70. The summed E-state index contributed by atoms with van der Waals surface area (Å²) in [6, 6.07) is 13.0. The highest BCUT2D eigenvalue weighted by Crippen LogP contribution is 2.23. The van der Waals surface area contributed by atoms with Gasteiger partial charge in [-0.3, -0.25) is 4.79 Å². The van der Waals surface area contributed by atoms with Gasteiger partial charge in [0.15, 0.2) is 0 Å². The number of ether oxygens (including phenoxy) is 1. The number of carbonyl (C=O) groups is 1. The summed E-state index contributed by atoms with van der Waals surface area (Å²) in [5, 5.41) is 12.3. The Hall–Kier alpha value is -2.27. The zero-order valence-electron chi connectivity index (χ0n) is 13.5. The fourth-order valence-corrected chi connectivity index (χ4v) is 2.32. The van der Waals surface area contributed by atoms with E-state index >= 15 is 0 Å². The summed E-state index contributed by atoms with van der Waals surface area (Å²) < 4.78 is 11.2. The van der Waals surface area contributed by atoms with Crippen LogP contribution in [-0.4, -0.2) is 17.6 Å². The first-order valence-corrected chi connectivity index (χ1v) is 7.79. The van der Waals surface area contributed by atoms with Crippen LogP contribution in [0.4, 0.5) is 0 Å². The number of furan rings is 1. The van der Waals surface area contributed by atoms with Gasteiger partial charge in [-0.1, -0.05) is 32.0 Å². The number of carboxylic acids is 1. The van der Waals surface area contributed by atoms with Crippen LogP contribution in [-0.2, 0) is 11.3 Å². The van der Waals surface area contributed by atoms with Crippen molar-refractivity contribution in [3.05, 3.63) is 48.2 Å². The Kier molecular flexibility index (Phi) is 6.23. The molecule has 0 amide bonds. The number of aliphatic carboxylic acids is 1. The summed E-state index contributed by atoms with van der Waals surface area (Å²) in [6.45, 7) is 4.94. The van der Waals surface area contributed by atoms with E-state index in [9.17, 15) is 9.90 Å². The zero-order valence-corrected chi connectivity index (χ0v) is 13.5. The van der Waals surface area contributed by atoms with Gasteiger partial charge in [-0.15, -0.1) is 0 Å². The number of nitrogens with one attached hydrogen (secondary N) is 1. The molecule has 0 saturated heterocycles. The van der Waals surface area contributed by atoms with Crippen molar-refractivity contribution in [3.63, 3.8) is 0 Å². The van der Waals surface area contributed by atoms with Crippen LogP contribution in [0.3, 0.4) is 0 Å². The topological polar surface area (TPSA) is 71.7 Å². The predicted molar refractivity (Wildman–Crippen MR) is 87.5 cm³/mol. The third kappa shape index (κ3) is 5.79. The van der Waals surface area contributed by atoms with Crippen LogP contribution < -0.4 is 10.1 Å². The van der Waals surface area contributed by atoms with E-state index in [2.05, 4.69) is 5.32 Å². The van der Waals surface area contributed by atoms with E-state index in [1.165, 1.54) is 0 Å². The van der Waals surface area contributed by atoms with Crippen LogP contribution in [0, 0.1) is 11.8 Å². The van der Waals surface area contributed by atoms with Gasteiger partial charge in [-0.05, 0) is 30.5 Å². The molecule has 0 fully saturated rings. The Bertz CT molecular complexity index is 606. The zero-order chi connectivity index (χ0) is 16.7. The second-order valence-corrected chi connectivity index (χ2v) is 5.93. The molecular formula is C18H23NO4. The van der Waals surface area contributed by atoms with E-state index in [0.29, 0.717) is 42.9 Å². The second kappa shape index (κ2) is 8.39. The lowest BCUT2D eigenvalue weighted by atomic mass is 9.97. The Labute approximate surface area is 136 Å². The molecule has 1 aromatic carbocycles. The smallest absolute Gasteiger partial charge is 0.307 e. The molecule has 5 heteroatoms. The normalized spacial score (nSPS) is 12.3. The van der Waals surface area contributed by atoms with Crippen molar-refractivity contribution >= 4 is 5.97 Å². The monoisotopic (exact) mass is 317 g/mol. The number of hydrogen-bond acceptors (Lipinski definition) is 4. The molecule has 124 valence electrons. The van der Waals surface area contributed by atoms with Gasteiger partial charge in [0.2, 0.25) is 0 Å². The van der Waals surface area contributed by atoms with Crippen molar-refractivity contribution in [1.82, 2.24) is 5.32 Å². The van der Waals surface area contributed by atoms with Crippen molar-refractivity contribution in [2.45, 2.75) is 26.8 Å². The molecule has 0 radical (unpaired) electrons. The minimum Gasteiger partial charge on any atom is -0.481 e. The van der Waals surface area contributed by atoms with Crippen LogP contribution in [0.15, 0.2) is 46.9 Å². The second-order valence-electron chi connectivity index (χ2n) is 5.93. The van der Waals surface area contributed by atoms with Crippen LogP contribution in [0.2, 0.25) is 0 Å². The van der Waals surface area contributed by atoms with E-state index < -0.39 is 5.97 Å². The van der Waals surface area contributed by atoms with Gasteiger partial charge in [0.25, 0.3) is 5.95 Å². The number of para-hydroxylation sites is 1. The third-order valence-corrected chi connectivity index (χ3v) is 3.39. The standard InChI is InChI=1S/C18H23NO4/c1-13(2)10-14(18(20)21)11-19-12-16-8-9-17(23-16)22-15-6-4-3-5-7-15/h3-9,13-14,19H,10-12H2,1-2H3,(H,20,21). The molecule has 1 atom stereocenters. The van der Waals surface area contributed by atoms with Gasteiger partial charge in [0.1, 0.15) is 11.5 Å². The summed E-state index contributed by atoms with van der Waals surface area (Å²) in [6.07, 6.45) is 0.656. The summed E-state index contributed by atoms with van der Waals surface area (Å²) in [7, 11) is 0. The Morgan fingerprint density at radius 3 is 2.61 bits per heavy atom. The minimum absolute atomic E-state index is 0.354. The Morgan fingerprint density at radius 1 is 1.22 bits per heavy atom. The van der Waals surface area contributed by atoms with Crippen LogP contribution in [0.5, 0.6) is 11.7 Å². The molecule has 5 nitrogen and oxygen atoms in total. The van der Waals surface area contributed by atoms with Gasteiger partial charge in [0.05, 0.1) is 12.5 Å². The molecule has 0 spiro atoms. The number of rotatable bonds is 9. The maximum atomic E-state index is 11.2. The largest absolute Gasteiger partial charge is 0.481 e. The molecule has 23 heavy (non-hydrogen) atoms. The van der Waals surface area contributed by atoms with Gasteiger partial charge in [0, 0.05) is 12.6 Å². The van der Waals surface area contributed by atoms with E-state index in [4.69, 9.17) is 9.15 Å². The Morgan fingerprint density at radius 2 is 1.96 bits per heavy atom. The molecule has 2 N–H and O–H groups in total. The fraction of sp³-hybridized carbons (Fsp3) is 0.389. The molecule has 2 rings (SSSR count). The molecule has 0 aliphatic heterocycles. The highest BCUT2D eigenvalue weighted by atomic mass is 16.6. The first kappa shape index (κ1) is 17.1. The SMILES string of the molecule is CC(C)CC(CNCc1ccc(Oc2ccccc2)o1)C(=O)O. The summed E-state index contributed by atoms with van der Waals surface area (Å²) >= 11 is 0. The average Bonchev–Trinajstić information content (AvgIpc) is 2.94. The number of carboxylic acid groups (broad SMARTS) is 1. The van der Waals surface area contributed by atoms with Crippen molar-refractivity contribution in [3.8, 4) is 11.7 Å². The summed E-state index contributed by atoms with van der Waals surface area (Å²) in [4.78, 5) is 11.2. The summed E-state index contributed by atoms with van der Waals surface area (Å²) in [5.74, 6) is 1.05. The maximum absolute atomic E-state index is 11.2. The average molecular weight is 317 g/mol. The van der Waals surface area contributed by atoms with Crippen LogP contribution in [0.1, 0.15) is 26.0 Å². The van der Waals surface area contributed by atoms with Crippen molar-refractivity contribution in [2.24, 2.45) is 11.8 Å². The van der Waals surface area contributed by atoms with Crippen molar-refractivity contribution < 1.29 is 19.1 Å². The summed E-state index contributed by atoms with van der Waals surface area (Å²) in [5.41, 5.74) is 0. The van der Waals surface area contributed by atoms with E-state index in [0.717, 1.165) is 0 Å². The molecule has 0 saturated carbocycles. The fourth-order valence-electron chi connectivity index (χ4n) is 2.32. The lowest BCUT2D eigenvalue weighted by molar-refractivity contribution is -0.142. The quantitative estimate of drug-likeness (QED) is 0.733. The van der Waals surface area contributed by atoms with Crippen LogP contribution in [0.25, 0.3) is 0 Å². The maximum Gasteiger partial charge on any atom is 0.307 e.